The smallest absolute Gasteiger partial charge is 0.0434 e. The number of hydrogen-bond donors (Lipinski definition) is 1. The van der Waals surface area contributed by atoms with Crippen LogP contribution in [0.25, 0.3) is 0 Å². The molecule has 2 nitrogen and oxygen atoms in total. The fourth-order valence-corrected chi connectivity index (χ4v) is 2.03. The summed E-state index contributed by atoms with van der Waals surface area (Å²) in [7, 11) is 0. The third-order valence-electron chi connectivity index (χ3n) is 2.88. The Bertz CT molecular complexity index is 250. The van der Waals surface area contributed by atoms with Crippen LogP contribution in [0.15, 0.2) is 24.4 Å². The molecule has 2 heteroatoms. The van der Waals surface area contributed by atoms with Crippen LogP contribution in [0.3, 0.4) is 0 Å². The highest BCUT2D eigenvalue weighted by Crippen LogP contribution is 2.30. The highest BCUT2D eigenvalue weighted by Gasteiger charge is 2.20. The van der Waals surface area contributed by atoms with Crippen molar-refractivity contribution in [1.29, 1.82) is 0 Å². The number of nitrogens with two attached hydrogens (primary N) is 1. The number of nitrogens with zero attached hydrogens (tertiary/aromatic N) is 1. The molecule has 0 bridgehead atoms. The van der Waals surface area contributed by atoms with Crippen LogP contribution in [0.5, 0.6) is 0 Å². The first kappa shape index (κ1) is 8.70. The highest BCUT2D eigenvalue weighted by atomic mass is 14.7. The van der Waals surface area contributed by atoms with Crippen molar-refractivity contribution < 1.29 is 0 Å². The second-order valence-corrected chi connectivity index (χ2v) is 3.87. The topological polar surface area (TPSA) is 38.9 Å². The predicted octanol–water partition coefficient (Wildman–Crippen LogP) is 2.07. The summed E-state index contributed by atoms with van der Waals surface area (Å²) in [6.45, 7) is 0. The van der Waals surface area contributed by atoms with Gasteiger partial charge in [0.15, 0.2) is 0 Å². The molecule has 0 aromatic carbocycles. The minimum Gasteiger partial charge on any atom is -0.328 e. The van der Waals surface area contributed by atoms with Gasteiger partial charge in [0, 0.05) is 23.9 Å². The molecule has 0 atom stereocenters. The quantitative estimate of drug-likeness (QED) is 0.711. The standard InChI is InChI=1S/C11H16N2/c12-10-6-4-9(5-7-10)11-3-1-2-8-13-11/h1-3,8-10H,4-7,12H2. The van der Waals surface area contributed by atoms with Gasteiger partial charge in [-0.2, -0.15) is 0 Å². The Labute approximate surface area is 79.2 Å². The lowest BCUT2D eigenvalue weighted by atomic mass is 9.84. The minimum atomic E-state index is 0.431. The zero-order chi connectivity index (χ0) is 9.10. The molecule has 2 rings (SSSR count). The van der Waals surface area contributed by atoms with Gasteiger partial charge in [0.25, 0.3) is 0 Å². The van der Waals surface area contributed by atoms with Gasteiger partial charge in [-0.15, -0.1) is 0 Å². The molecule has 0 aliphatic heterocycles. The molecule has 0 unspecified atom stereocenters. The van der Waals surface area contributed by atoms with E-state index in [1.165, 1.54) is 18.5 Å². The first-order valence-electron chi connectivity index (χ1n) is 5.03. The fourth-order valence-electron chi connectivity index (χ4n) is 2.03. The molecule has 70 valence electrons. The van der Waals surface area contributed by atoms with Gasteiger partial charge in [0.2, 0.25) is 0 Å². The van der Waals surface area contributed by atoms with E-state index in [-0.39, 0.29) is 0 Å². The van der Waals surface area contributed by atoms with Crippen LogP contribution in [0, 0.1) is 0 Å². The molecule has 13 heavy (non-hydrogen) atoms. The van der Waals surface area contributed by atoms with Crippen molar-refractivity contribution in [2.24, 2.45) is 5.73 Å². The minimum absolute atomic E-state index is 0.431. The first-order valence-corrected chi connectivity index (χ1v) is 5.03. The van der Waals surface area contributed by atoms with E-state index in [0.29, 0.717) is 12.0 Å². The number of pyridine rings is 1. The van der Waals surface area contributed by atoms with Crippen molar-refractivity contribution in [3.63, 3.8) is 0 Å². The maximum atomic E-state index is 5.85. The van der Waals surface area contributed by atoms with E-state index in [9.17, 15) is 0 Å². The number of hydrogen-bond acceptors (Lipinski definition) is 2. The average molecular weight is 176 g/mol. The van der Waals surface area contributed by atoms with E-state index in [0.717, 1.165) is 12.8 Å². The highest BCUT2D eigenvalue weighted by molar-refractivity contribution is 5.10. The molecule has 1 saturated carbocycles. The maximum absolute atomic E-state index is 5.85. The van der Waals surface area contributed by atoms with Crippen molar-refractivity contribution in [3.05, 3.63) is 30.1 Å². The predicted molar refractivity (Wildman–Crippen MR) is 53.4 cm³/mol. The lowest BCUT2D eigenvalue weighted by Gasteiger charge is -2.25. The molecular formula is C11H16N2. The van der Waals surface area contributed by atoms with Crippen molar-refractivity contribution >= 4 is 0 Å². The summed E-state index contributed by atoms with van der Waals surface area (Å²) in [5.74, 6) is 0.654. The van der Waals surface area contributed by atoms with Crippen molar-refractivity contribution in [2.75, 3.05) is 0 Å². The van der Waals surface area contributed by atoms with E-state index >= 15 is 0 Å². The molecule has 1 aliphatic rings. The number of aromatic nitrogens is 1. The summed E-state index contributed by atoms with van der Waals surface area (Å²) in [5.41, 5.74) is 7.10. The Morgan fingerprint density at radius 1 is 1.15 bits per heavy atom. The van der Waals surface area contributed by atoms with E-state index in [1.54, 1.807) is 0 Å². The van der Waals surface area contributed by atoms with Gasteiger partial charge in [-0.3, -0.25) is 4.98 Å². The summed E-state index contributed by atoms with van der Waals surface area (Å²) in [6, 6.07) is 6.59. The van der Waals surface area contributed by atoms with Crippen LogP contribution in [-0.2, 0) is 0 Å². The second-order valence-electron chi connectivity index (χ2n) is 3.87. The zero-order valence-electron chi connectivity index (χ0n) is 7.82. The SMILES string of the molecule is NC1CCC(c2ccccn2)CC1. The molecule has 1 aromatic rings. The molecule has 1 fully saturated rings. The van der Waals surface area contributed by atoms with Crippen molar-refractivity contribution in [2.45, 2.75) is 37.6 Å². The van der Waals surface area contributed by atoms with Crippen LogP contribution in [0.1, 0.15) is 37.3 Å². The summed E-state index contributed by atoms with van der Waals surface area (Å²) in [4.78, 5) is 4.39. The lowest BCUT2D eigenvalue weighted by Crippen LogP contribution is -2.25. The van der Waals surface area contributed by atoms with Gasteiger partial charge in [-0.1, -0.05) is 6.07 Å². The monoisotopic (exact) mass is 176 g/mol. The first-order chi connectivity index (χ1) is 6.36. The maximum Gasteiger partial charge on any atom is 0.0434 e. The van der Waals surface area contributed by atoms with E-state index in [2.05, 4.69) is 17.1 Å². The zero-order valence-corrected chi connectivity index (χ0v) is 7.82. The van der Waals surface area contributed by atoms with Crippen molar-refractivity contribution in [1.82, 2.24) is 4.98 Å². The Morgan fingerprint density at radius 2 is 1.92 bits per heavy atom. The lowest BCUT2D eigenvalue weighted by molar-refractivity contribution is 0.390. The number of rotatable bonds is 1. The van der Waals surface area contributed by atoms with Gasteiger partial charge in [-0.25, -0.2) is 0 Å². The summed E-state index contributed by atoms with van der Waals surface area (Å²) < 4.78 is 0. The second kappa shape index (κ2) is 3.88. The van der Waals surface area contributed by atoms with Gasteiger partial charge >= 0.3 is 0 Å². The molecule has 2 N–H and O–H groups in total. The third kappa shape index (κ3) is 2.07. The van der Waals surface area contributed by atoms with Gasteiger partial charge in [0.05, 0.1) is 0 Å². The normalized spacial score (nSPS) is 28.7. The molecule has 1 heterocycles. The molecule has 0 radical (unpaired) electrons. The van der Waals surface area contributed by atoms with Crippen LogP contribution in [-0.4, -0.2) is 11.0 Å². The largest absolute Gasteiger partial charge is 0.328 e. The van der Waals surface area contributed by atoms with Gasteiger partial charge < -0.3 is 5.73 Å². The molecular weight excluding hydrogens is 160 g/mol. The van der Waals surface area contributed by atoms with Gasteiger partial charge in [-0.05, 0) is 37.8 Å². The molecule has 0 spiro atoms. The third-order valence-corrected chi connectivity index (χ3v) is 2.88. The molecule has 0 saturated heterocycles. The van der Waals surface area contributed by atoms with E-state index in [1.807, 2.05) is 12.3 Å². The van der Waals surface area contributed by atoms with Crippen LogP contribution >= 0.6 is 0 Å². The van der Waals surface area contributed by atoms with Crippen molar-refractivity contribution in [3.8, 4) is 0 Å². The molecule has 0 amide bonds. The van der Waals surface area contributed by atoms with E-state index in [4.69, 9.17) is 5.73 Å². The Morgan fingerprint density at radius 3 is 2.54 bits per heavy atom. The summed E-state index contributed by atoms with van der Waals surface area (Å²) in [6.07, 6.45) is 6.60. The van der Waals surface area contributed by atoms with Crippen LogP contribution in [0.2, 0.25) is 0 Å². The summed E-state index contributed by atoms with van der Waals surface area (Å²) >= 11 is 0. The fraction of sp³-hybridized carbons (Fsp3) is 0.545. The van der Waals surface area contributed by atoms with Gasteiger partial charge in [0.1, 0.15) is 0 Å². The van der Waals surface area contributed by atoms with Crippen LogP contribution < -0.4 is 5.73 Å². The Kier molecular flexibility index (Phi) is 2.60. The van der Waals surface area contributed by atoms with E-state index < -0.39 is 0 Å². The summed E-state index contributed by atoms with van der Waals surface area (Å²) in [5, 5.41) is 0. The Hall–Kier alpha value is -0.890. The molecule has 1 aromatic heterocycles. The van der Waals surface area contributed by atoms with Crippen LogP contribution in [0.4, 0.5) is 0 Å². The molecule has 1 aliphatic carbocycles. The Balaban J connectivity index is 2.03. The average Bonchev–Trinajstić information content (AvgIpc) is 2.20.